The van der Waals surface area contributed by atoms with Crippen molar-refractivity contribution in [2.45, 2.75) is 33.2 Å². The van der Waals surface area contributed by atoms with E-state index in [0.717, 1.165) is 37.4 Å². The molecule has 0 aromatic carbocycles. The minimum atomic E-state index is 0.769. The Morgan fingerprint density at radius 3 is 2.95 bits per heavy atom. The van der Waals surface area contributed by atoms with Crippen LogP contribution in [0.1, 0.15) is 29.1 Å². The Kier molecular flexibility index (Phi) is 3.34. The molecule has 1 aliphatic heterocycles. The predicted molar refractivity (Wildman–Crippen MR) is 81.1 cm³/mol. The number of aryl methyl sites for hydroxylation is 3. The summed E-state index contributed by atoms with van der Waals surface area (Å²) in [4.78, 5) is 4.69. The van der Waals surface area contributed by atoms with Crippen LogP contribution >= 0.6 is 0 Å². The molecule has 2 aromatic heterocycles. The summed E-state index contributed by atoms with van der Waals surface area (Å²) in [6.07, 6.45) is 2.22. The molecule has 3 heterocycles. The van der Waals surface area contributed by atoms with Crippen LogP contribution in [0.2, 0.25) is 0 Å². The molecular formula is C15H21N5. The Morgan fingerprint density at radius 2 is 2.20 bits per heavy atom. The molecule has 0 fully saturated rings. The quantitative estimate of drug-likeness (QED) is 0.900. The Balaban J connectivity index is 1.75. The van der Waals surface area contributed by atoms with Crippen LogP contribution in [-0.4, -0.2) is 21.3 Å². The topological polar surface area (TPSA) is 54.8 Å². The predicted octanol–water partition coefficient (Wildman–Crippen LogP) is 2.40. The van der Waals surface area contributed by atoms with E-state index in [4.69, 9.17) is 4.98 Å². The molecule has 0 saturated heterocycles. The zero-order valence-corrected chi connectivity index (χ0v) is 12.3. The van der Waals surface area contributed by atoms with Crippen molar-refractivity contribution in [3.8, 4) is 0 Å². The highest BCUT2D eigenvalue weighted by Gasteiger charge is 2.12. The monoisotopic (exact) mass is 271 g/mol. The van der Waals surface area contributed by atoms with Gasteiger partial charge in [-0.3, -0.25) is 4.68 Å². The molecule has 106 valence electrons. The Labute approximate surface area is 119 Å². The first-order valence-corrected chi connectivity index (χ1v) is 7.12. The number of aromatic nitrogens is 3. The van der Waals surface area contributed by atoms with Gasteiger partial charge >= 0.3 is 0 Å². The lowest BCUT2D eigenvalue weighted by molar-refractivity contribution is 0.730. The van der Waals surface area contributed by atoms with Crippen molar-refractivity contribution in [1.29, 1.82) is 0 Å². The number of fused-ring (bicyclic) bond motifs is 1. The van der Waals surface area contributed by atoms with E-state index in [9.17, 15) is 0 Å². The fraction of sp³-hybridized carbons (Fsp3) is 0.467. The highest BCUT2D eigenvalue weighted by Crippen LogP contribution is 2.22. The fourth-order valence-corrected chi connectivity index (χ4v) is 2.68. The van der Waals surface area contributed by atoms with Gasteiger partial charge in [0.1, 0.15) is 5.82 Å². The molecule has 5 heteroatoms. The van der Waals surface area contributed by atoms with Crippen molar-refractivity contribution < 1.29 is 0 Å². The Morgan fingerprint density at radius 1 is 1.35 bits per heavy atom. The van der Waals surface area contributed by atoms with E-state index < -0.39 is 0 Å². The summed E-state index contributed by atoms with van der Waals surface area (Å²) >= 11 is 0. The first-order chi connectivity index (χ1) is 9.65. The first kappa shape index (κ1) is 13.0. The molecule has 5 nitrogen and oxygen atoms in total. The molecule has 0 saturated carbocycles. The lowest BCUT2D eigenvalue weighted by Gasteiger charge is -2.18. The standard InChI is InChI=1S/C15H21N5/c1-10-12(11(2)20(3)19-10)9-17-15-7-6-13-14(18-15)5-4-8-16-13/h6-7,16H,4-5,8-9H2,1-3H3,(H,17,18). The second-order valence-corrected chi connectivity index (χ2v) is 5.35. The van der Waals surface area contributed by atoms with E-state index in [0.29, 0.717) is 0 Å². The summed E-state index contributed by atoms with van der Waals surface area (Å²) in [6, 6.07) is 4.16. The second-order valence-electron chi connectivity index (χ2n) is 5.35. The SMILES string of the molecule is Cc1nn(C)c(C)c1CNc1ccc2c(n1)CCCN2. The molecular weight excluding hydrogens is 250 g/mol. The molecule has 2 N–H and O–H groups in total. The summed E-state index contributed by atoms with van der Waals surface area (Å²) in [6.45, 7) is 5.97. The van der Waals surface area contributed by atoms with Crippen LogP contribution in [0.3, 0.4) is 0 Å². The van der Waals surface area contributed by atoms with Gasteiger partial charge < -0.3 is 10.6 Å². The van der Waals surface area contributed by atoms with Crippen LogP contribution in [0.25, 0.3) is 0 Å². The van der Waals surface area contributed by atoms with Crippen molar-refractivity contribution in [3.63, 3.8) is 0 Å². The molecule has 0 amide bonds. The summed E-state index contributed by atoms with van der Waals surface area (Å²) in [7, 11) is 1.98. The number of rotatable bonds is 3. The average molecular weight is 271 g/mol. The normalized spacial score (nSPS) is 13.8. The molecule has 0 spiro atoms. The van der Waals surface area contributed by atoms with Crippen LogP contribution in [-0.2, 0) is 20.0 Å². The summed E-state index contributed by atoms with van der Waals surface area (Å²) < 4.78 is 1.93. The van der Waals surface area contributed by atoms with Crippen molar-refractivity contribution >= 4 is 11.5 Å². The van der Waals surface area contributed by atoms with E-state index >= 15 is 0 Å². The van der Waals surface area contributed by atoms with Crippen LogP contribution < -0.4 is 10.6 Å². The number of hydrogen-bond donors (Lipinski definition) is 2. The molecule has 3 rings (SSSR count). The minimum Gasteiger partial charge on any atom is -0.384 e. The number of nitrogens with one attached hydrogen (secondary N) is 2. The van der Waals surface area contributed by atoms with Gasteiger partial charge in [-0.05, 0) is 38.8 Å². The zero-order valence-electron chi connectivity index (χ0n) is 12.3. The highest BCUT2D eigenvalue weighted by molar-refractivity contribution is 5.54. The van der Waals surface area contributed by atoms with Crippen molar-refractivity contribution in [1.82, 2.24) is 14.8 Å². The third-order valence-electron chi connectivity index (χ3n) is 3.99. The molecule has 0 atom stereocenters. The highest BCUT2D eigenvalue weighted by atomic mass is 15.3. The maximum absolute atomic E-state index is 4.69. The van der Waals surface area contributed by atoms with E-state index in [1.165, 1.54) is 22.6 Å². The summed E-state index contributed by atoms with van der Waals surface area (Å²) in [5, 5.41) is 11.2. The lowest BCUT2D eigenvalue weighted by Crippen LogP contribution is -2.14. The van der Waals surface area contributed by atoms with Gasteiger partial charge in [-0.25, -0.2) is 4.98 Å². The maximum Gasteiger partial charge on any atom is 0.126 e. The zero-order chi connectivity index (χ0) is 14.1. The van der Waals surface area contributed by atoms with Crippen LogP contribution in [0.4, 0.5) is 11.5 Å². The van der Waals surface area contributed by atoms with Gasteiger partial charge in [-0.15, -0.1) is 0 Å². The average Bonchev–Trinajstić information content (AvgIpc) is 2.70. The molecule has 0 aliphatic carbocycles. The Hall–Kier alpha value is -2.04. The largest absolute Gasteiger partial charge is 0.384 e. The van der Waals surface area contributed by atoms with E-state index in [-0.39, 0.29) is 0 Å². The van der Waals surface area contributed by atoms with Crippen molar-refractivity contribution in [2.75, 3.05) is 17.2 Å². The molecule has 2 aromatic rings. The second kappa shape index (κ2) is 5.15. The van der Waals surface area contributed by atoms with E-state index in [2.05, 4.69) is 28.7 Å². The smallest absolute Gasteiger partial charge is 0.126 e. The van der Waals surface area contributed by atoms with Gasteiger partial charge in [0, 0.05) is 31.4 Å². The van der Waals surface area contributed by atoms with E-state index in [1.54, 1.807) is 0 Å². The third kappa shape index (κ3) is 2.35. The van der Waals surface area contributed by atoms with Crippen molar-refractivity contribution in [3.05, 3.63) is 34.8 Å². The van der Waals surface area contributed by atoms with Gasteiger partial charge in [0.2, 0.25) is 0 Å². The van der Waals surface area contributed by atoms with E-state index in [1.807, 2.05) is 24.7 Å². The van der Waals surface area contributed by atoms with Crippen molar-refractivity contribution in [2.24, 2.45) is 7.05 Å². The van der Waals surface area contributed by atoms with Crippen LogP contribution in [0, 0.1) is 13.8 Å². The van der Waals surface area contributed by atoms with Crippen LogP contribution in [0.5, 0.6) is 0 Å². The number of hydrogen-bond acceptors (Lipinski definition) is 4. The van der Waals surface area contributed by atoms with Gasteiger partial charge in [-0.2, -0.15) is 5.10 Å². The number of anilines is 2. The summed E-state index contributed by atoms with van der Waals surface area (Å²) in [5.41, 5.74) is 5.88. The fourth-order valence-electron chi connectivity index (χ4n) is 2.68. The molecule has 0 unspecified atom stereocenters. The maximum atomic E-state index is 4.69. The Bertz CT molecular complexity index is 629. The molecule has 20 heavy (non-hydrogen) atoms. The third-order valence-corrected chi connectivity index (χ3v) is 3.99. The molecule has 0 bridgehead atoms. The van der Waals surface area contributed by atoms with Crippen LogP contribution in [0.15, 0.2) is 12.1 Å². The molecule has 0 radical (unpaired) electrons. The number of nitrogens with zero attached hydrogens (tertiary/aromatic N) is 3. The summed E-state index contributed by atoms with van der Waals surface area (Å²) in [5.74, 6) is 0.940. The minimum absolute atomic E-state index is 0.769. The lowest BCUT2D eigenvalue weighted by atomic mass is 10.1. The van der Waals surface area contributed by atoms with Gasteiger partial charge in [0.25, 0.3) is 0 Å². The van der Waals surface area contributed by atoms with Gasteiger partial charge in [0.05, 0.1) is 17.1 Å². The van der Waals surface area contributed by atoms with Gasteiger partial charge in [0.15, 0.2) is 0 Å². The number of pyridine rings is 1. The van der Waals surface area contributed by atoms with Gasteiger partial charge in [-0.1, -0.05) is 0 Å². The molecule has 1 aliphatic rings. The first-order valence-electron chi connectivity index (χ1n) is 7.12.